The van der Waals surface area contributed by atoms with E-state index >= 15 is 0 Å². The van der Waals surface area contributed by atoms with Crippen LogP contribution in [0.1, 0.15) is 34.5 Å². The van der Waals surface area contributed by atoms with Crippen LogP contribution in [-0.4, -0.2) is 27.1 Å². The summed E-state index contributed by atoms with van der Waals surface area (Å²) in [5.41, 5.74) is 5.52. The first-order valence-corrected chi connectivity index (χ1v) is 10.7. The van der Waals surface area contributed by atoms with Gasteiger partial charge in [-0.05, 0) is 29.7 Å². The molecule has 0 saturated heterocycles. The largest absolute Gasteiger partial charge is 0.370 e. The average Bonchev–Trinajstić information content (AvgIpc) is 3.09. The standard InChI is InChI=1S/C24H26ClN3O2/c1-27-23-13-14-28(24(29)12-9-18-5-3-2-4-6-18)15-21(23)22(26-27)17-30-16-19-7-10-20(25)11-8-19/h2-8,10-11H,9,12-17H2,1H3. The maximum atomic E-state index is 12.8. The molecule has 0 aliphatic carbocycles. The van der Waals surface area contributed by atoms with E-state index in [1.165, 1.54) is 11.3 Å². The molecule has 0 spiro atoms. The lowest BCUT2D eigenvalue weighted by molar-refractivity contribution is -0.132. The van der Waals surface area contributed by atoms with Crippen LogP contribution < -0.4 is 0 Å². The predicted octanol–water partition coefficient (Wildman–Crippen LogP) is 4.31. The number of ether oxygens (including phenoxy) is 1. The van der Waals surface area contributed by atoms with Gasteiger partial charge >= 0.3 is 0 Å². The minimum absolute atomic E-state index is 0.196. The summed E-state index contributed by atoms with van der Waals surface area (Å²) < 4.78 is 7.84. The van der Waals surface area contributed by atoms with Gasteiger partial charge in [-0.15, -0.1) is 0 Å². The first-order chi connectivity index (χ1) is 14.6. The van der Waals surface area contributed by atoms with Crippen LogP contribution in [-0.2, 0) is 49.2 Å². The second-order valence-corrected chi connectivity index (χ2v) is 8.10. The van der Waals surface area contributed by atoms with Gasteiger partial charge in [-0.25, -0.2) is 0 Å². The number of carbonyl (C=O) groups excluding carboxylic acids is 1. The Morgan fingerprint density at radius 2 is 1.83 bits per heavy atom. The quantitative estimate of drug-likeness (QED) is 0.569. The Morgan fingerprint density at radius 1 is 1.07 bits per heavy atom. The highest BCUT2D eigenvalue weighted by Crippen LogP contribution is 2.24. The molecule has 3 aromatic rings. The molecular weight excluding hydrogens is 398 g/mol. The third-order valence-electron chi connectivity index (χ3n) is 5.57. The number of hydrogen-bond donors (Lipinski definition) is 0. The summed E-state index contributed by atoms with van der Waals surface area (Å²) in [7, 11) is 1.97. The van der Waals surface area contributed by atoms with Gasteiger partial charge in [-0.2, -0.15) is 5.10 Å². The molecular formula is C24H26ClN3O2. The van der Waals surface area contributed by atoms with Gasteiger partial charge in [0.05, 0.1) is 18.9 Å². The summed E-state index contributed by atoms with van der Waals surface area (Å²) in [5, 5.41) is 5.37. The number of hydrogen-bond acceptors (Lipinski definition) is 3. The van der Waals surface area contributed by atoms with Gasteiger partial charge in [0.2, 0.25) is 5.91 Å². The van der Waals surface area contributed by atoms with Crippen molar-refractivity contribution in [1.29, 1.82) is 0 Å². The number of carbonyl (C=O) groups is 1. The summed E-state index contributed by atoms with van der Waals surface area (Å²) in [6.07, 6.45) is 2.13. The zero-order valence-corrected chi connectivity index (χ0v) is 17.9. The zero-order chi connectivity index (χ0) is 20.9. The average molecular weight is 424 g/mol. The van der Waals surface area contributed by atoms with E-state index in [1.54, 1.807) is 0 Å². The molecule has 0 saturated carbocycles. The number of aromatic nitrogens is 2. The molecule has 2 aromatic carbocycles. The van der Waals surface area contributed by atoms with E-state index in [0.717, 1.165) is 41.2 Å². The highest BCUT2D eigenvalue weighted by atomic mass is 35.5. The number of rotatable bonds is 7. The SMILES string of the molecule is Cn1nc(COCc2ccc(Cl)cc2)c2c1CCN(C(=O)CCc1ccccc1)C2. The lowest BCUT2D eigenvalue weighted by Crippen LogP contribution is -2.36. The Hall–Kier alpha value is -2.63. The molecule has 156 valence electrons. The van der Waals surface area contributed by atoms with Crippen LogP contribution in [0, 0.1) is 0 Å². The predicted molar refractivity (Wildman–Crippen MR) is 117 cm³/mol. The number of amides is 1. The fourth-order valence-electron chi connectivity index (χ4n) is 3.90. The van der Waals surface area contributed by atoms with Crippen molar-refractivity contribution < 1.29 is 9.53 Å². The van der Waals surface area contributed by atoms with Gasteiger partial charge in [-0.3, -0.25) is 9.48 Å². The van der Waals surface area contributed by atoms with Crippen molar-refractivity contribution in [3.05, 3.63) is 87.7 Å². The van der Waals surface area contributed by atoms with Crippen molar-refractivity contribution in [2.75, 3.05) is 6.54 Å². The molecule has 0 unspecified atom stereocenters. The van der Waals surface area contributed by atoms with Crippen LogP contribution in [0.3, 0.4) is 0 Å². The van der Waals surface area contributed by atoms with E-state index < -0.39 is 0 Å². The molecule has 6 heteroatoms. The topological polar surface area (TPSA) is 47.4 Å². The Bertz CT molecular complexity index is 999. The highest BCUT2D eigenvalue weighted by Gasteiger charge is 2.26. The van der Waals surface area contributed by atoms with Gasteiger partial charge in [0.25, 0.3) is 0 Å². The molecule has 0 bridgehead atoms. The smallest absolute Gasteiger partial charge is 0.223 e. The van der Waals surface area contributed by atoms with Gasteiger partial charge < -0.3 is 9.64 Å². The van der Waals surface area contributed by atoms with Crippen LogP contribution in [0.4, 0.5) is 0 Å². The van der Waals surface area contributed by atoms with Gasteiger partial charge in [0.1, 0.15) is 0 Å². The van der Waals surface area contributed by atoms with Crippen molar-refractivity contribution in [3.63, 3.8) is 0 Å². The Labute approximate surface area is 182 Å². The van der Waals surface area contributed by atoms with E-state index in [4.69, 9.17) is 16.3 Å². The van der Waals surface area contributed by atoms with Crippen LogP contribution in [0.5, 0.6) is 0 Å². The number of aryl methyl sites for hydroxylation is 2. The Balaban J connectivity index is 1.36. The Kier molecular flexibility index (Phi) is 6.50. The van der Waals surface area contributed by atoms with E-state index in [0.29, 0.717) is 26.2 Å². The Morgan fingerprint density at radius 3 is 2.60 bits per heavy atom. The van der Waals surface area contributed by atoms with Gasteiger partial charge in [0, 0.05) is 49.3 Å². The number of benzene rings is 2. The van der Waals surface area contributed by atoms with Crippen LogP contribution in [0.15, 0.2) is 54.6 Å². The van der Waals surface area contributed by atoms with Crippen molar-refractivity contribution in [1.82, 2.24) is 14.7 Å². The summed E-state index contributed by atoms with van der Waals surface area (Å²) in [5.74, 6) is 0.196. The lowest BCUT2D eigenvalue weighted by atomic mass is 10.0. The monoisotopic (exact) mass is 423 g/mol. The third-order valence-corrected chi connectivity index (χ3v) is 5.82. The zero-order valence-electron chi connectivity index (χ0n) is 17.2. The van der Waals surface area contributed by atoms with Crippen LogP contribution >= 0.6 is 11.6 Å². The van der Waals surface area contributed by atoms with Crippen molar-refractivity contribution in [2.24, 2.45) is 7.05 Å². The summed E-state index contributed by atoms with van der Waals surface area (Å²) in [6, 6.07) is 17.8. The molecule has 0 atom stereocenters. The first kappa shape index (κ1) is 20.6. The van der Waals surface area contributed by atoms with Crippen molar-refractivity contribution in [2.45, 2.75) is 39.0 Å². The van der Waals surface area contributed by atoms with Gasteiger partial charge in [-0.1, -0.05) is 54.1 Å². The maximum absolute atomic E-state index is 12.8. The molecule has 0 radical (unpaired) electrons. The third kappa shape index (κ3) is 4.91. The van der Waals surface area contributed by atoms with Crippen molar-refractivity contribution >= 4 is 17.5 Å². The normalized spacial score (nSPS) is 13.3. The van der Waals surface area contributed by atoms with E-state index in [-0.39, 0.29) is 5.91 Å². The molecule has 2 heterocycles. The molecule has 1 aliphatic rings. The summed E-state index contributed by atoms with van der Waals surface area (Å²) >= 11 is 5.93. The van der Waals surface area contributed by atoms with E-state index in [9.17, 15) is 4.79 Å². The fourth-order valence-corrected chi connectivity index (χ4v) is 4.02. The lowest BCUT2D eigenvalue weighted by Gasteiger charge is -2.28. The van der Waals surface area contributed by atoms with Crippen LogP contribution in [0.2, 0.25) is 5.02 Å². The fraction of sp³-hybridized carbons (Fsp3) is 0.333. The second kappa shape index (κ2) is 9.45. The number of nitrogens with zero attached hydrogens (tertiary/aromatic N) is 3. The van der Waals surface area contributed by atoms with Gasteiger partial charge in [0.15, 0.2) is 0 Å². The second-order valence-electron chi connectivity index (χ2n) is 7.67. The molecule has 1 amide bonds. The first-order valence-electron chi connectivity index (χ1n) is 10.3. The van der Waals surface area contributed by atoms with E-state index in [2.05, 4.69) is 17.2 Å². The molecule has 1 aliphatic heterocycles. The summed E-state index contributed by atoms with van der Waals surface area (Å²) in [6.45, 7) is 2.28. The minimum Gasteiger partial charge on any atom is -0.370 e. The maximum Gasteiger partial charge on any atom is 0.223 e. The number of halogens is 1. The molecule has 0 fully saturated rings. The van der Waals surface area contributed by atoms with E-state index in [1.807, 2.05) is 59.1 Å². The highest BCUT2D eigenvalue weighted by molar-refractivity contribution is 6.30. The number of fused-ring (bicyclic) bond motifs is 1. The molecule has 30 heavy (non-hydrogen) atoms. The molecule has 5 nitrogen and oxygen atoms in total. The molecule has 4 rings (SSSR count). The van der Waals surface area contributed by atoms with Crippen molar-refractivity contribution in [3.8, 4) is 0 Å². The van der Waals surface area contributed by atoms with Crippen LogP contribution in [0.25, 0.3) is 0 Å². The summed E-state index contributed by atoms with van der Waals surface area (Å²) in [4.78, 5) is 14.7. The molecule has 0 N–H and O–H groups in total. The minimum atomic E-state index is 0.196. The molecule has 1 aromatic heterocycles.